The van der Waals surface area contributed by atoms with Gasteiger partial charge in [0.2, 0.25) is 5.91 Å². The van der Waals surface area contributed by atoms with Gasteiger partial charge in [0.05, 0.1) is 29.6 Å². The van der Waals surface area contributed by atoms with E-state index in [2.05, 4.69) is 18.8 Å². The number of halogens is 2. The van der Waals surface area contributed by atoms with Crippen LogP contribution in [-0.2, 0) is 9.59 Å². The van der Waals surface area contributed by atoms with Crippen LogP contribution >= 0.6 is 23.2 Å². The van der Waals surface area contributed by atoms with Gasteiger partial charge in [0.25, 0.3) is 0 Å². The largest absolute Gasteiger partial charge is 0.481 e. The molecule has 4 rings (SSSR count). The van der Waals surface area contributed by atoms with Crippen LogP contribution in [0.5, 0.6) is 0 Å². The average molecular weight is 525 g/mol. The van der Waals surface area contributed by atoms with Crippen LogP contribution in [0, 0.1) is 11.3 Å². The molecular weight excluding hydrogens is 495 g/mol. The Hall–Kier alpha value is -2.89. The molecule has 2 aromatic carbocycles. The van der Waals surface area contributed by atoms with Crippen LogP contribution in [0.15, 0.2) is 72.9 Å². The van der Waals surface area contributed by atoms with Gasteiger partial charge in [-0.15, -0.1) is 0 Å². The number of likely N-dealkylation sites (tertiary alicyclic amines) is 1. The first-order valence-corrected chi connectivity index (χ1v) is 12.8. The van der Waals surface area contributed by atoms with Crippen molar-refractivity contribution in [2.24, 2.45) is 11.3 Å². The molecule has 1 unspecified atom stereocenters. The van der Waals surface area contributed by atoms with E-state index in [1.807, 2.05) is 71.6 Å². The normalized spacial score (nSPS) is 23.1. The standard InChI is InChI=1S/C29H30Cl2N2O3/c1-18(2)26(24-9-4-5-14-32-24)33-27(19-10-12-21(30)13-11-19)23(20-7-6-8-22(31)15-20)16-29(3,28(33)36)17-25(34)35/h4-15,18,23,26-27H,16-17H2,1-3H3,(H,34,35)/t23-,26+,27?,29-/m1/s1. The summed E-state index contributed by atoms with van der Waals surface area (Å²) in [7, 11) is 0. The first-order valence-electron chi connectivity index (χ1n) is 12.1. The summed E-state index contributed by atoms with van der Waals surface area (Å²) in [5.41, 5.74) is 1.55. The van der Waals surface area contributed by atoms with E-state index >= 15 is 0 Å². The maximum Gasteiger partial charge on any atom is 0.304 e. The van der Waals surface area contributed by atoms with Gasteiger partial charge in [0.15, 0.2) is 0 Å². The molecule has 3 aromatic rings. The Labute approximate surface area is 222 Å². The second-order valence-corrected chi connectivity index (χ2v) is 11.0. The third-order valence-corrected chi connectivity index (χ3v) is 7.54. The molecule has 1 fully saturated rings. The second kappa shape index (κ2) is 10.6. The van der Waals surface area contributed by atoms with Gasteiger partial charge >= 0.3 is 5.97 Å². The predicted octanol–water partition coefficient (Wildman–Crippen LogP) is 7.32. The molecule has 1 aliphatic rings. The van der Waals surface area contributed by atoms with Crippen LogP contribution in [0.1, 0.15) is 68.4 Å². The second-order valence-electron chi connectivity index (χ2n) is 10.1. The van der Waals surface area contributed by atoms with E-state index in [0.717, 1.165) is 16.8 Å². The molecule has 36 heavy (non-hydrogen) atoms. The SMILES string of the molecule is CC(C)[C@@H](c1ccccn1)N1C(=O)[C@@](C)(CC(=O)O)C[C@H](c2cccc(Cl)c2)C1c1ccc(Cl)cc1. The Morgan fingerprint density at radius 2 is 1.78 bits per heavy atom. The molecule has 1 N–H and O–H groups in total. The zero-order chi connectivity index (χ0) is 26.0. The highest BCUT2D eigenvalue weighted by Crippen LogP contribution is 2.54. The van der Waals surface area contributed by atoms with E-state index in [1.54, 1.807) is 13.1 Å². The van der Waals surface area contributed by atoms with Crippen molar-refractivity contribution < 1.29 is 14.7 Å². The minimum absolute atomic E-state index is 0.0193. The fourth-order valence-electron chi connectivity index (χ4n) is 5.54. The quantitative estimate of drug-likeness (QED) is 0.351. The average Bonchev–Trinajstić information content (AvgIpc) is 2.83. The third-order valence-electron chi connectivity index (χ3n) is 7.05. The molecule has 1 saturated heterocycles. The number of carboxylic acid groups (broad SMARTS) is 1. The lowest BCUT2D eigenvalue weighted by Gasteiger charge is -2.52. The topological polar surface area (TPSA) is 70.5 Å². The molecule has 4 atom stereocenters. The summed E-state index contributed by atoms with van der Waals surface area (Å²) in [4.78, 5) is 32.8. The fraction of sp³-hybridized carbons (Fsp3) is 0.345. The number of carboxylic acids is 1. The zero-order valence-electron chi connectivity index (χ0n) is 20.6. The first-order chi connectivity index (χ1) is 17.1. The molecule has 0 aliphatic carbocycles. The molecule has 1 amide bonds. The predicted molar refractivity (Wildman–Crippen MR) is 142 cm³/mol. The van der Waals surface area contributed by atoms with Gasteiger partial charge in [-0.3, -0.25) is 14.6 Å². The molecule has 188 valence electrons. The van der Waals surface area contributed by atoms with Crippen molar-refractivity contribution in [2.75, 3.05) is 0 Å². The lowest BCUT2D eigenvalue weighted by atomic mass is 9.66. The molecule has 7 heteroatoms. The van der Waals surface area contributed by atoms with Crippen LogP contribution in [0.2, 0.25) is 10.0 Å². The number of rotatable bonds is 7. The van der Waals surface area contributed by atoms with Gasteiger partial charge in [-0.2, -0.15) is 0 Å². The van der Waals surface area contributed by atoms with Crippen molar-refractivity contribution in [2.45, 2.75) is 51.6 Å². The lowest BCUT2D eigenvalue weighted by molar-refractivity contribution is -0.162. The van der Waals surface area contributed by atoms with Gasteiger partial charge in [0.1, 0.15) is 0 Å². The molecule has 1 aromatic heterocycles. The third kappa shape index (κ3) is 5.28. The Morgan fingerprint density at radius 1 is 1.06 bits per heavy atom. The van der Waals surface area contributed by atoms with Crippen molar-refractivity contribution in [1.82, 2.24) is 9.88 Å². The molecule has 0 radical (unpaired) electrons. The minimum Gasteiger partial charge on any atom is -0.481 e. The smallest absolute Gasteiger partial charge is 0.304 e. The summed E-state index contributed by atoms with van der Waals surface area (Å²) < 4.78 is 0. The number of hydrogen-bond donors (Lipinski definition) is 1. The number of aromatic nitrogens is 1. The van der Waals surface area contributed by atoms with Crippen LogP contribution in [0.4, 0.5) is 0 Å². The van der Waals surface area contributed by atoms with E-state index in [9.17, 15) is 14.7 Å². The summed E-state index contributed by atoms with van der Waals surface area (Å²) in [5.74, 6) is -1.37. The van der Waals surface area contributed by atoms with Crippen molar-refractivity contribution in [3.05, 3.63) is 99.8 Å². The van der Waals surface area contributed by atoms with Crippen molar-refractivity contribution >= 4 is 35.1 Å². The van der Waals surface area contributed by atoms with Gasteiger partial charge in [-0.1, -0.05) is 74.3 Å². The number of aliphatic carboxylic acids is 1. The molecule has 0 saturated carbocycles. The number of carbonyl (C=O) groups excluding carboxylic acids is 1. The number of piperidine rings is 1. The summed E-state index contributed by atoms with van der Waals surface area (Å²) in [5, 5.41) is 11.0. The van der Waals surface area contributed by atoms with Crippen LogP contribution in [0.3, 0.4) is 0 Å². The van der Waals surface area contributed by atoms with E-state index in [4.69, 9.17) is 23.2 Å². The van der Waals surface area contributed by atoms with E-state index < -0.39 is 11.4 Å². The van der Waals surface area contributed by atoms with Gasteiger partial charge in [0, 0.05) is 22.2 Å². The number of nitrogens with zero attached hydrogens (tertiary/aromatic N) is 2. The summed E-state index contributed by atoms with van der Waals surface area (Å²) in [6.45, 7) is 5.88. The van der Waals surface area contributed by atoms with Crippen LogP contribution < -0.4 is 0 Å². The Kier molecular flexibility index (Phi) is 7.72. The zero-order valence-corrected chi connectivity index (χ0v) is 22.1. The van der Waals surface area contributed by atoms with Crippen molar-refractivity contribution in [3.8, 4) is 0 Å². The Bertz CT molecular complexity index is 1230. The van der Waals surface area contributed by atoms with Gasteiger partial charge in [-0.25, -0.2) is 0 Å². The molecule has 1 aliphatic heterocycles. The van der Waals surface area contributed by atoms with Gasteiger partial charge < -0.3 is 10.0 Å². The number of benzene rings is 2. The van der Waals surface area contributed by atoms with Gasteiger partial charge in [-0.05, 0) is 59.9 Å². The molecule has 2 heterocycles. The summed E-state index contributed by atoms with van der Waals surface area (Å²) in [6, 6.07) is 20.1. The minimum atomic E-state index is -1.11. The van der Waals surface area contributed by atoms with E-state index in [-0.39, 0.29) is 36.2 Å². The van der Waals surface area contributed by atoms with E-state index in [1.165, 1.54) is 0 Å². The first kappa shape index (κ1) is 26.2. The monoisotopic (exact) mass is 524 g/mol. The number of pyridine rings is 1. The lowest BCUT2D eigenvalue weighted by Crippen LogP contribution is -2.54. The highest BCUT2D eigenvalue weighted by molar-refractivity contribution is 6.30. The highest BCUT2D eigenvalue weighted by Gasteiger charge is 2.53. The number of amides is 1. The van der Waals surface area contributed by atoms with Crippen LogP contribution in [0.25, 0.3) is 0 Å². The fourth-order valence-corrected chi connectivity index (χ4v) is 5.87. The molecule has 0 bridgehead atoms. The Morgan fingerprint density at radius 3 is 2.36 bits per heavy atom. The highest BCUT2D eigenvalue weighted by atomic mass is 35.5. The van der Waals surface area contributed by atoms with Crippen molar-refractivity contribution in [3.63, 3.8) is 0 Å². The number of carbonyl (C=O) groups is 2. The molecule has 5 nitrogen and oxygen atoms in total. The molecular formula is C29H30Cl2N2O3. The van der Waals surface area contributed by atoms with E-state index in [0.29, 0.717) is 16.5 Å². The summed E-state index contributed by atoms with van der Waals surface area (Å²) >= 11 is 12.6. The molecule has 0 spiro atoms. The number of hydrogen-bond acceptors (Lipinski definition) is 3. The van der Waals surface area contributed by atoms with Crippen molar-refractivity contribution in [1.29, 1.82) is 0 Å². The maximum absolute atomic E-state index is 14.4. The summed E-state index contributed by atoms with van der Waals surface area (Å²) in [6.07, 6.45) is 1.83. The van der Waals surface area contributed by atoms with Crippen LogP contribution in [-0.4, -0.2) is 26.9 Å². The Balaban J connectivity index is 1.98. The maximum atomic E-state index is 14.4.